The second kappa shape index (κ2) is 9.51. The average Bonchev–Trinajstić information content (AvgIpc) is 3.41. The first-order chi connectivity index (χ1) is 15.5. The van der Waals surface area contributed by atoms with Crippen molar-refractivity contribution in [3.63, 3.8) is 0 Å². The van der Waals surface area contributed by atoms with Crippen LogP contribution in [0.3, 0.4) is 0 Å². The number of amides is 3. The highest BCUT2D eigenvalue weighted by molar-refractivity contribution is 5.98. The second-order valence-electron chi connectivity index (χ2n) is 9.30. The van der Waals surface area contributed by atoms with Crippen LogP contribution in [0.2, 0.25) is 0 Å². The van der Waals surface area contributed by atoms with E-state index in [1.54, 1.807) is 11.0 Å². The van der Waals surface area contributed by atoms with E-state index < -0.39 is 11.5 Å². The number of carbonyl (C=O) groups is 3. The van der Waals surface area contributed by atoms with E-state index in [2.05, 4.69) is 5.32 Å². The number of nitrogens with one attached hydrogen (secondary N) is 1. The standard InChI is InChI=1S/C25H35N3O4/c1-3-28-20(22(29)26-18-9-5-6-10-18)17-25(24(28)31)13-15-27(16-14-25)23(30)19-11-7-8-12-21(19)32-4-2/h7-8,11-12,18,20H,3-6,9-10,13-17H2,1-2H3,(H,26,29). The SMILES string of the molecule is CCOc1ccccc1C(=O)N1CCC2(CC1)CC(C(=O)NC1CCCC1)N(CC)C2=O. The van der Waals surface area contributed by atoms with Crippen molar-refractivity contribution in [2.75, 3.05) is 26.2 Å². The summed E-state index contributed by atoms with van der Waals surface area (Å²) in [6, 6.07) is 7.16. The Balaban J connectivity index is 1.43. The lowest BCUT2D eigenvalue weighted by atomic mass is 9.75. The number of carbonyl (C=O) groups excluding carboxylic acids is 3. The number of likely N-dealkylation sites (N-methyl/N-ethyl adjacent to an activating group) is 1. The molecule has 1 spiro atoms. The van der Waals surface area contributed by atoms with E-state index in [9.17, 15) is 14.4 Å². The molecule has 174 valence electrons. The molecule has 32 heavy (non-hydrogen) atoms. The van der Waals surface area contributed by atoms with Gasteiger partial charge in [-0.05, 0) is 58.1 Å². The zero-order chi connectivity index (χ0) is 22.7. The molecule has 1 saturated carbocycles. The fourth-order valence-corrected chi connectivity index (χ4v) is 5.63. The first kappa shape index (κ1) is 22.6. The van der Waals surface area contributed by atoms with E-state index in [1.807, 2.05) is 36.9 Å². The Bertz CT molecular complexity index is 856. The number of hydrogen-bond donors (Lipinski definition) is 1. The zero-order valence-electron chi connectivity index (χ0n) is 19.3. The number of hydrogen-bond acceptors (Lipinski definition) is 4. The van der Waals surface area contributed by atoms with Crippen molar-refractivity contribution in [1.29, 1.82) is 0 Å². The summed E-state index contributed by atoms with van der Waals surface area (Å²) in [6.07, 6.45) is 6.12. The third-order valence-electron chi connectivity index (χ3n) is 7.44. The smallest absolute Gasteiger partial charge is 0.257 e. The summed E-state index contributed by atoms with van der Waals surface area (Å²) in [5.74, 6) is 0.608. The Morgan fingerprint density at radius 3 is 2.47 bits per heavy atom. The molecule has 3 amide bonds. The summed E-state index contributed by atoms with van der Waals surface area (Å²) in [6.45, 7) is 5.90. The van der Waals surface area contributed by atoms with E-state index in [1.165, 1.54) is 0 Å². The van der Waals surface area contributed by atoms with Gasteiger partial charge in [0.05, 0.1) is 17.6 Å². The van der Waals surface area contributed by atoms with Crippen molar-refractivity contribution >= 4 is 17.7 Å². The van der Waals surface area contributed by atoms with Gasteiger partial charge < -0.3 is 19.9 Å². The van der Waals surface area contributed by atoms with Crippen LogP contribution < -0.4 is 10.1 Å². The maximum atomic E-state index is 13.4. The largest absolute Gasteiger partial charge is 0.493 e. The van der Waals surface area contributed by atoms with Gasteiger partial charge in [-0.25, -0.2) is 0 Å². The number of ether oxygens (including phenoxy) is 1. The van der Waals surface area contributed by atoms with Crippen LogP contribution >= 0.6 is 0 Å². The molecule has 1 aromatic carbocycles. The topological polar surface area (TPSA) is 79.0 Å². The summed E-state index contributed by atoms with van der Waals surface area (Å²) >= 11 is 0. The minimum absolute atomic E-state index is 0.00637. The molecule has 0 aromatic heterocycles. The lowest BCUT2D eigenvalue weighted by molar-refractivity contribution is -0.141. The lowest BCUT2D eigenvalue weighted by Gasteiger charge is -2.38. The van der Waals surface area contributed by atoms with Crippen molar-refractivity contribution in [3.8, 4) is 5.75 Å². The van der Waals surface area contributed by atoms with Crippen LogP contribution in [0.25, 0.3) is 0 Å². The van der Waals surface area contributed by atoms with Gasteiger partial charge in [0.25, 0.3) is 5.91 Å². The molecule has 1 aliphatic carbocycles. The average molecular weight is 442 g/mol. The molecular weight excluding hydrogens is 406 g/mol. The summed E-state index contributed by atoms with van der Waals surface area (Å²) in [4.78, 5) is 43.1. The van der Waals surface area contributed by atoms with E-state index in [-0.39, 0.29) is 23.8 Å². The number of likely N-dealkylation sites (tertiary alicyclic amines) is 2. The van der Waals surface area contributed by atoms with Crippen LogP contribution in [0.1, 0.15) is 69.2 Å². The van der Waals surface area contributed by atoms with E-state index in [4.69, 9.17) is 4.74 Å². The molecule has 2 saturated heterocycles. The predicted octanol–water partition coefficient (Wildman–Crippen LogP) is 2.99. The van der Waals surface area contributed by atoms with Crippen LogP contribution in [0.15, 0.2) is 24.3 Å². The monoisotopic (exact) mass is 441 g/mol. The van der Waals surface area contributed by atoms with Gasteiger partial charge in [0.1, 0.15) is 11.8 Å². The molecule has 0 bridgehead atoms. The number of nitrogens with zero attached hydrogens (tertiary/aromatic N) is 2. The molecule has 2 heterocycles. The second-order valence-corrected chi connectivity index (χ2v) is 9.30. The van der Waals surface area contributed by atoms with Crippen molar-refractivity contribution in [2.45, 2.75) is 70.9 Å². The van der Waals surface area contributed by atoms with Gasteiger partial charge in [0, 0.05) is 25.7 Å². The van der Waals surface area contributed by atoms with Crippen LogP contribution in [0.5, 0.6) is 5.75 Å². The van der Waals surface area contributed by atoms with Crippen molar-refractivity contribution < 1.29 is 19.1 Å². The van der Waals surface area contributed by atoms with Crippen LogP contribution in [-0.4, -0.2) is 65.8 Å². The van der Waals surface area contributed by atoms with Crippen molar-refractivity contribution in [2.24, 2.45) is 5.41 Å². The van der Waals surface area contributed by atoms with Gasteiger partial charge in [0.15, 0.2) is 0 Å². The van der Waals surface area contributed by atoms with Crippen LogP contribution in [0.4, 0.5) is 0 Å². The third-order valence-corrected chi connectivity index (χ3v) is 7.44. The maximum Gasteiger partial charge on any atom is 0.257 e. The molecule has 7 heteroatoms. The van der Waals surface area contributed by atoms with Gasteiger partial charge in [-0.15, -0.1) is 0 Å². The Kier molecular flexibility index (Phi) is 6.72. The molecule has 3 aliphatic rings. The van der Waals surface area contributed by atoms with Gasteiger partial charge in [-0.3, -0.25) is 14.4 Å². The minimum atomic E-state index is -0.538. The molecule has 7 nitrogen and oxygen atoms in total. The Morgan fingerprint density at radius 1 is 1.12 bits per heavy atom. The molecule has 0 radical (unpaired) electrons. The highest BCUT2D eigenvalue weighted by Crippen LogP contribution is 2.45. The van der Waals surface area contributed by atoms with Crippen LogP contribution in [-0.2, 0) is 9.59 Å². The maximum absolute atomic E-state index is 13.4. The van der Waals surface area contributed by atoms with Gasteiger partial charge >= 0.3 is 0 Å². The van der Waals surface area contributed by atoms with E-state index >= 15 is 0 Å². The minimum Gasteiger partial charge on any atom is -0.493 e. The zero-order valence-corrected chi connectivity index (χ0v) is 19.3. The summed E-state index contributed by atoms with van der Waals surface area (Å²) in [7, 11) is 0. The fraction of sp³-hybridized carbons (Fsp3) is 0.640. The highest BCUT2D eigenvalue weighted by Gasteiger charge is 2.54. The lowest BCUT2D eigenvalue weighted by Crippen LogP contribution is -2.48. The number of rotatable bonds is 6. The summed E-state index contributed by atoms with van der Waals surface area (Å²) in [5, 5.41) is 3.18. The van der Waals surface area contributed by atoms with Crippen LogP contribution in [0, 0.1) is 5.41 Å². The highest BCUT2D eigenvalue weighted by atomic mass is 16.5. The summed E-state index contributed by atoms with van der Waals surface area (Å²) in [5.41, 5.74) is 0.0243. The van der Waals surface area contributed by atoms with Gasteiger partial charge in [-0.2, -0.15) is 0 Å². The molecular formula is C25H35N3O4. The molecule has 1 atom stereocenters. The third kappa shape index (κ3) is 4.21. The fourth-order valence-electron chi connectivity index (χ4n) is 5.63. The Hall–Kier alpha value is -2.57. The molecule has 2 aliphatic heterocycles. The molecule has 4 rings (SSSR count). The molecule has 1 unspecified atom stereocenters. The normalized spacial score (nSPS) is 23.1. The number of benzene rings is 1. The van der Waals surface area contributed by atoms with Crippen molar-refractivity contribution in [3.05, 3.63) is 29.8 Å². The van der Waals surface area contributed by atoms with E-state index in [0.29, 0.717) is 56.8 Å². The quantitative estimate of drug-likeness (QED) is 0.736. The number of para-hydroxylation sites is 1. The summed E-state index contributed by atoms with van der Waals surface area (Å²) < 4.78 is 5.63. The van der Waals surface area contributed by atoms with Gasteiger partial charge in [0.2, 0.25) is 11.8 Å². The van der Waals surface area contributed by atoms with Crippen molar-refractivity contribution in [1.82, 2.24) is 15.1 Å². The Morgan fingerprint density at radius 2 is 1.81 bits per heavy atom. The van der Waals surface area contributed by atoms with E-state index in [0.717, 1.165) is 25.7 Å². The molecule has 1 aromatic rings. The first-order valence-electron chi connectivity index (χ1n) is 12.1. The Labute approximate surface area is 190 Å². The first-order valence-corrected chi connectivity index (χ1v) is 12.1. The number of piperidine rings is 1. The molecule has 1 N–H and O–H groups in total. The predicted molar refractivity (Wildman–Crippen MR) is 121 cm³/mol. The van der Waals surface area contributed by atoms with Gasteiger partial charge in [-0.1, -0.05) is 25.0 Å². The molecule has 3 fully saturated rings.